The van der Waals surface area contributed by atoms with Crippen molar-refractivity contribution in [2.45, 2.75) is 6.10 Å². The topological polar surface area (TPSA) is 103 Å². The Morgan fingerprint density at radius 3 is 2.71 bits per heavy atom. The summed E-state index contributed by atoms with van der Waals surface area (Å²) in [4.78, 5) is 22.4. The summed E-state index contributed by atoms with van der Waals surface area (Å²) in [7, 11) is 0. The summed E-state index contributed by atoms with van der Waals surface area (Å²) in [6, 6.07) is 13.1. The van der Waals surface area contributed by atoms with E-state index in [2.05, 4.69) is 10.5 Å². The van der Waals surface area contributed by atoms with Crippen LogP contribution in [-0.2, 0) is 4.79 Å². The Morgan fingerprint density at radius 2 is 1.92 bits per heavy atom. The van der Waals surface area contributed by atoms with E-state index in [1.54, 1.807) is 36.4 Å². The van der Waals surface area contributed by atoms with E-state index in [0.717, 1.165) is 0 Å². The van der Waals surface area contributed by atoms with Crippen LogP contribution in [0, 0.1) is 10.1 Å². The second kappa shape index (κ2) is 6.78. The average molecular weight is 327 g/mol. The van der Waals surface area contributed by atoms with E-state index in [4.69, 9.17) is 9.47 Å². The number of nitro groups is 1. The Kier molecular flexibility index (Phi) is 4.37. The predicted octanol–water partition coefficient (Wildman–Crippen LogP) is 1.88. The van der Waals surface area contributed by atoms with Crippen molar-refractivity contribution in [3.8, 4) is 11.5 Å². The SMILES string of the molecule is O=C(N/N=C\c1ccccc1[N+](=O)[O-])[C@H]1COc2ccccc2O1. The number of benzene rings is 2. The van der Waals surface area contributed by atoms with Gasteiger partial charge in [-0.1, -0.05) is 24.3 Å². The van der Waals surface area contributed by atoms with Gasteiger partial charge in [-0.3, -0.25) is 14.9 Å². The lowest BCUT2D eigenvalue weighted by atomic mass is 10.2. The minimum absolute atomic E-state index is 0.0594. The molecule has 1 amide bonds. The molecule has 1 aliphatic rings. The van der Waals surface area contributed by atoms with Crippen LogP contribution in [0.1, 0.15) is 5.56 Å². The molecule has 122 valence electrons. The maximum atomic E-state index is 12.1. The maximum Gasteiger partial charge on any atom is 0.284 e. The van der Waals surface area contributed by atoms with Gasteiger partial charge in [0.1, 0.15) is 6.61 Å². The largest absolute Gasteiger partial charge is 0.485 e. The number of hydrogen-bond acceptors (Lipinski definition) is 6. The summed E-state index contributed by atoms with van der Waals surface area (Å²) in [6.45, 7) is 0.0594. The van der Waals surface area contributed by atoms with Gasteiger partial charge in [0.15, 0.2) is 11.5 Å². The van der Waals surface area contributed by atoms with E-state index in [9.17, 15) is 14.9 Å². The van der Waals surface area contributed by atoms with Crippen molar-refractivity contribution >= 4 is 17.8 Å². The Hall–Kier alpha value is -3.42. The van der Waals surface area contributed by atoms with E-state index < -0.39 is 16.9 Å². The van der Waals surface area contributed by atoms with Gasteiger partial charge in [0.2, 0.25) is 6.10 Å². The van der Waals surface area contributed by atoms with Crippen LogP contribution < -0.4 is 14.9 Å². The molecule has 1 aliphatic heterocycles. The number of fused-ring (bicyclic) bond motifs is 1. The number of nitrogens with one attached hydrogen (secondary N) is 1. The van der Waals surface area contributed by atoms with Crippen LogP contribution in [0.2, 0.25) is 0 Å². The smallest absolute Gasteiger partial charge is 0.284 e. The fourth-order valence-electron chi connectivity index (χ4n) is 2.15. The third kappa shape index (κ3) is 3.32. The van der Waals surface area contributed by atoms with Gasteiger partial charge in [-0.15, -0.1) is 0 Å². The molecule has 3 rings (SSSR count). The Balaban J connectivity index is 1.63. The molecule has 24 heavy (non-hydrogen) atoms. The number of ether oxygens (including phenoxy) is 2. The lowest BCUT2D eigenvalue weighted by molar-refractivity contribution is -0.385. The number of carbonyl (C=O) groups is 1. The molecule has 0 fully saturated rings. The van der Waals surface area contributed by atoms with Gasteiger partial charge in [-0.25, -0.2) is 5.43 Å². The maximum absolute atomic E-state index is 12.1. The van der Waals surface area contributed by atoms with Gasteiger partial charge in [-0.2, -0.15) is 5.10 Å². The van der Waals surface area contributed by atoms with Crippen molar-refractivity contribution in [2.24, 2.45) is 5.10 Å². The fraction of sp³-hybridized carbons (Fsp3) is 0.125. The number of nitrogens with zero attached hydrogens (tertiary/aromatic N) is 2. The number of amides is 1. The second-order valence-corrected chi connectivity index (χ2v) is 4.91. The Morgan fingerprint density at radius 1 is 1.21 bits per heavy atom. The van der Waals surface area contributed by atoms with Crippen LogP contribution in [0.4, 0.5) is 5.69 Å². The quantitative estimate of drug-likeness (QED) is 0.525. The summed E-state index contributed by atoms with van der Waals surface area (Å²) in [5, 5.41) is 14.7. The number of nitro benzene ring substituents is 1. The van der Waals surface area contributed by atoms with Gasteiger partial charge in [0.05, 0.1) is 16.7 Å². The summed E-state index contributed by atoms with van der Waals surface area (Å²) < 4.78 is 11.0. The average Bonchev–Trinajstić information content (AvgIpc) is 2.61. The summed E-state index contributed by atoms with van der Waals surface area (Å²) in [5.41, 5.74) is 2.49. The lowest BCUT2D eigenvalue weighted by Crippen LogP contribution is -2.42. The van der Waals surface area contributed by atoms with Gasteiger partial charge < -0.3 is 9.47 Å². The first-order valence-corrected chi connectivity index (χ1v) is 7.10. The van der Waals surface area contributed by atoms with Crippen LogP contribution in [0.15, 0.2) is 53.6 Å². The first-order valence-electron chi connectivity index (χ1n) is 7.10. The third-order valence-corrected chi connectivity index (χ3v) is 3.31. The van der Waals surface area contributed by atoms with Gasteiger partial charge in [-0.05, 0) is 18.2 Å². The number of para-hydroxylation sites is 3. The van der Waals surface area contributed by atoms with E-state index in [-0.39, 0.29) is 17.9 Å². The van der Waals surface area contributed by atoms with Gasteiger partial charge in [0.25, 0.3) is 11.6 Å². The number of hydrazone groups is 1. The number of hydrogen-bond donors (Lipinski definition) is 1. The van der Waals surface area contributed by atoms with Gasteiger partial charge >= 0.3 is 0 Å². The van der Waals surface area contributed by atoms with Crippen molar-refractivity contribution in [1.82, 2.24) is 5.43 Å². The van der Waals surface area contributed by atoms with Crippen molar-refractivity contribution in [2.75, 3.05) is 6.61 Å². The van der Waals surface area contributed by atoms with Crippen LogP contribution >= 0.6 is 0 Å². The Bertz CT molecular complexity index is 806. The summed E-state index contributed by atoms with van der Waals surface area (Å²) in [5.74, 6) is 0.552. The van der Waals surface area contributed by atoms with Crippen molar-refractivity contribution in [3.05, 3.63) is 64.2 Å². The van der Waals surface area contributed by atoms with Crippen LogP contribution in [-0.4, -0.2) is 29.8 Å². The Labute approximate surface area is 136 Å². The summed E-state index contributed by atoms with van der Waals surface area (Å²) in [6.07, 6.45) is 0.371. The molecule has 0 unspecified atom stereocenters. The standard InChI is InChI=1S/C16H13N3O5/c20-16(15-10-23-13-7-3-4-8-14(13)24-15)18-17-9-11-5-1-2-6-12(11)19(21)22/h1-9,15H,10H2,(H,18,20)/b17-9-/t15-/m1/s1. The molecule has 2 aromatic rings. The van der Waals surface area contributed by atoms with Crippen LogP contribution in [0.25, 0.3) is 0 Å². The molecule has 8 heteroatoms. The lowest BCUT2D eigenvalue weighted by Gasteiger charge is -2.24. The molecule has 0 bridgehead atoms. The second-order valence-electron chi connectivity index (χ2n) is 4.91. The number of carbonyl (C=O) groups excluding carboxylic acids is 1. The molecule has 2 aromatic carbocycles. The number of rotatable bonds is 4. The first kappa shape index (κ1) is 15.5. The van der Waals surface area contributed by atoms with Crippen molar-refractivity contribution < 1.29 is 19.2 Å². The molecular formula is C16H13N3O5. The highest BCUT2D eigenvalue weighted by atomic mass is 16.6. The molecule has 0 saturated heterocycles. The molecule has 1 N–H and O–H groups in total. The molecule has 1 heterocycles. The normalized spacial score (nSPS) is 15.9. The van der Waals surface area contributed by atoms with Gasteiger partial charge in [0, 0.05) is 6.07 Å². The highest BCUT2D eigenvalue weighted by Gasteiger charge is 2.27. The molecule has 1 atom stereocenters. The third-order valence-electron chi connectivity index (χ3n) is 3.31. The minimum atomic E-state index is -0.845. The highest BCUT2D eigenvalue weighted by Crippen LogP contribution is 2.30. The van der Waals surface area contributed by atoms with Crippen LogP contribution in [0.5, 0.6) is 11.5 Å². The molecule has 0 saturated carbocycles. The zero-order valence-corrected chi connectivity index (χ0v) is 12.4. The molecule has 8 nitrogen and oxygen atoms in total. The molecule has 0 aromatic heterocycles. The van der Waals surface area contributed by atoms with E-state index >= 15 is 0 Å². The van der Waals surface area contributed by atoms with Crippen molar-refractivity contribution in [1.29, 1.82) is 0 Å². The molecule has 0 aliphatic carbocycles. The van der Waals surface area contributed by atoms with Crippen LogP contribution in [0.3, 0.4) is 0 Å². The fourth-order valence-corrected chi connectivity index (χ4v) is 2.15. The molecule has 0 spiro atoms. The van der Waals surface area contributed by atoms with E-state index in [1.165, 1.54) is 18.3 Å². The first-order chi connectivity index (χ1) is 11.6. The zero-order valence-electron chi connectivity index (χ0n) is 12.4. The minimum Gasteiger partial charge on any atom is -0.485 e. The predicted molar refractivity (Wildman–Crippen MR) is 85.2 cm³/mol. The molecular weight excluding hydrogens is 314 g/mol. The highest BCUT2D eigenvalue weighted by molar-refractivity contribution is 5.87. The van der Waals surface area contributed by atoms with Crippen molar-refractivity contribution in [3.63, 3.8) is 0 Å². The monoisotopic (exact) mass is 327 g/mol. The zero-order chi connectivity index (χ0) is 16.9. The summed E-state index contributed by atoms with van der Waals surface area (Å²) >= 11 is 0. The van der Waals surface area contributed by atoms with E-state index in [1.807, 2.05) is 0 Å². The van der Waals surface area contributed by atoms with E-state index in [0.29, 0.717) is 11.5 Å². The molecule has 0 radical (unpaired) electrons.